The molecule has 0 aromatic heterocycles. The molecule has 0 radical (unpaired) electrons. The maximum Gasteiger partial charge on any atom is 0.328 e. The number of fused-ring (bicyclic) bond motifs is 5. The molecule has 12 heteroatoms. The van der Waals surface area contributed by atoms with Crippen LogP contribution in [0.1, 0.15) is 87.9 Å². The number of likely N-dealkylation sites (N-methyl/N-ethyl adjacent to an activating group) is 1. The minimum absolute atomic E-state index is 0.0690. The van der Waals surface area contributed by atoms with E-state index < -0.39 is 59.5 Å². The summed E-state index contributed by atoms with van der Waals surface area (Å²) in [6.45, 7) is 13.3. The van der Waals surface area contributed by atoms with E-state index in [4.69, 9.17) is 30.5 Å². The first kappa shape index (κ1) is 43.1. The van der Waals surface area contributed by atoms with Gasteiger partial charge in [0.15, 0.2) is 0 Å². The highest BCUT2D eigenvalue weighted by atomic mass is 35.5. The van der Waals surface area contributed by atoms with Crippen molar-refractivity contribution in [3.8, 4) is 0 Å². The van der Waals surface area contributed by atoms with Crippen molar-refractivity contribution in [1.82, 2.24) is 4.90 Å². The summed E-state index contributed by atoms with van der Waals surface area (Å²) in [6.07, 6.45) is 3.11. The molecule has 2 aromatic carbocycles. The maximum absolute atomic E-state index is 14.2. The molecule has 2 amide bonds. The fourth-order valence-corrected chi connectivity index (χ4v) is 8.16. The van der Waals surface area contributed by atoms with E-state index in [0.717, 1.165) is 28.7 Å². The highest BCUT2D eigenvalue weighted by Gasteiger charge is 2.64. The summed E-state index contributed by atoms with van der Waals surface area (Å²) in [5.41, 5.74) is 2.01. The number of aryl methyl sites for hydroxylation is 1. The van der Waals surface area contributed by atoms with Crippen LogP contribution >= 0.6 is 11.6 Å². The maximum atomic E-state index is 14.2. The van der Waals surface area contributed by atoms with E-state index in [0.29, 0.717) is 28.6 Å². The van der Waals surface area contributed by atoms with Crippen molar-refractivity contribution < 1.29 is 43.2 Å². The number of carbonyl (C=O) groups excluding carboxylic acids is 4. The normalized spacial score (nSPS) is 30.4. The fourth-order valence-electron chi connectivity index (χ4n) is 7.93. The highest BCUT2D eigenvalue weighted by molar-refractivity contribution is 6.34. The van der Waals surface area contributed by atoms with Crippen molar-refractivity contribution in [2.45, 2.75) is 122 Å². The monoisotopic (exact) mass is 792 g/mol. The summed E-state index contributed by atoms with van der Waals surface area (Å²) in [7, 11) is 4.65. The minimum atomic E-state index is -1.57. The van der Waals surface area contributed by atoms with Crippen LogP contribution in [-0.4, -0.2) is 96.6 Å². The molecule has 1 N–H and O–H groups in total. The standard InChI is InChI=1S/C44H57ClN2O9/c1-25(2)18-30-14-16-32(17-15-30)41(50)46(8)29(6)42(51)55-36-22-37(48)47(9)33-21-31(20-27(4)39(33)45)19-26(3)12-11-13-35(53-10)44(52)23-34(54-38(49)24-44)28(5)40-43(36,7)56-40/h11-17,20-21,25,28-29,34-36,40,52H,18-19,22-24H2,1-10H3/b13-11+,26-12+/t28-,29+,34+,35-,36+,40+,43+,44-/m1/s1. The Hall–Kier alpha value is -4.03. The average Bonchev–Trinajstić information content (AvgIpc) is 3.84. The molecule has 0 saturated carbocycles. The van der Waals surface area contributed by atoms with Crippen LogP contribution < -0.4 is 4.90 Å². The number of hydrogen-bond donors (Lipinski definition) is 1. The number of allylic oxidation sites excluding steroid dienone is 3. The molecule has 0 spiro atoms. The molecule has 4 bridgehead atoms. The van der Waals surface area contributed by atoms with Gasteiger partial charge in [0.25, 0.3) is 5.91 Å². The first-order chi connectivity index (χ1) is 26.3. The smallest absolute Gasteiger partial charge is 0.328 e. The number of methoxy groups -OCH3 is 1. The zero-order chi connectivity index (χ0) is 41.3. The van der Waals surface area contributed by atoms with E-state index in [-0.39, 0.29) is 31.1 Å². The summed E-state index contributed by atoms with van der Waals surface area (Å²) in [6, 6.07) is 10.2. The molecule has 2 fully saturated rings. The zero-order valence-corrected chi connectivity index (χ0v) is 35.0. The van der Waals surface area contributed by atoms with Crippen LogP contribution in [0.4, 0.5) is 5.69 Å². The summed E-state index contributed by atoms with van der Waals surface area (Å²) < 4.78 is 24.0. The van der Waals surface area contributed by atoms with Gasteiger partial charge >= 0.3 is 11.9 Å². The first-order valence-corrected chi connectivity index (χ1v) is 19.7. The number of anilines is 1. The van der Waals surface area contributed by atoms with Crippen LogP contribution in [0.5, 0.6) is 0 Å². The number of amides is 2. The summed E-state index contributed by atoms with van der Waals surface area (Å²) >= 11 is 6.81. The number of carbonyl (C=O) groups is 4. The number of epoxide rings is 1. The number of benzene rings is 2. The molecular formula is C44H57ClN2O9. The lowest BCUT2D eigenvalue weighted by Gasteiger charge is -2.41. The number of rotatable bonds is 7. The number of esters is 2. The van der Waals surface area contributed by atoms with Crippen LogP contribution in [0.2, 0.25) is 5.02 Å². The number of halogens is 1. The van der Waals surface area contributed by atoms with Gasteiger partial charge in [0.05, 0.1) is 29.7 Å². The average molecular weight is 793 g/mol. The number of nitrogens with zero attached hydrogens (tertiary/aromatic N) is 2. The second-order valence-electron chi connectivity index (χ2n) is 16.5. The van der Waals surface area contributed by atoms with Gasteiger partial charge in [-0.15, -0.1) is 0 Å². The fraction of sp³-hybridized carbons (Fsp3) is 0.545. The van der Waals surface area contributed by atoms with Crippen molar-refractivity contribution in [2.24, 2.45) is 11.8 Å². The first-order valence-electron chi connectivity index (χ1n) is 19.4. The van der Waals surface area contributed by atoms with E-state index in [2.05, 4.69) is 13.8 Å². The van der Waals surface area contributed by atoms with Gasteiger partial charge in [-0.3, -0.25) is 14.4 Å². The summed E-state index contributed by atoms with van der Waals surface area (Å²) in [5, 5.41) is 12.3. The predicted molar refractivity (Wildman–Crippen MR) is 215 cm³/mol. The molecule has 0 unspecified atom stereocenters. The van der Waals surface area contributed by atoms with E-state index in [1.54, 1.807) is 39.1 Å². The third-order valence-electron chi connectivity index (χ3n) is 11.5. The van der Waals surface area contributed by atoms with E-state index >= 15 is 0 Å². The summed E-state index contributed by atoms with van der Waals surface area (Å²) in [4.78, 5) is 57.5. The Morgan fingerprint density at radius 1 is 1.12 bits per heavy atom. The molecule has 2 aromatic rings. The lowest BCUT2D eigenvalue weighted by molar-refractivity contribution is -0.187. The Labute approximate surface area is 335 Å². The van der Waals surface area contributed by atoms with E-state index in [1.807, 2.05) is 57.2 Å². The molecular weight excluding hydrogens is 736 g/mol. The van der Waals surface area contributed by atoms with Gasteiger partial charge in [-0.2, -0.15) is 0 Å². The number of hydrogen-bond acceptors (Lipinski definition) is 9. The quantitative estimate of drug-likeness (QED) is 0.244. The minimum Gasteiger partial charge on any atom is -0.462 e. The third kappa shape index (κ3) is 9.39. The number of ether oxygens (including phenoxy) is 4. The predicted octanol–water partition coefficient (Wildman–Crippen LogP) is 6.58. The van der Waals surface area contributed by atoms with Gasteiger partial charge in [0, 0.05) is 39.1 Å². The lowest BCUT2D eigenvalue weighted by Crippen LogP contribution is -2.53. The topological polar surface area (TPSA) is 135 Å². The Balaban J connectivity index is 1.48. The van der Waals surface area contributed by atoms with Crippen molar-refractivity contribution >= 4 is 41.0 Å². The molecule has 11 nitrogen and oxygen atoms in total. The second-order valence-corrected chi connectivity index (χ2v) is 16.9. The van der Waals surface area contributed by atoms with Crippen molar-refractivity contribution in [3.63, 3.8) is 0 Å². The van der Waals surface area contributed by atoms with E-state index in [1.165, 1.54) is 24.0 Å². The highest BCUT2D eigenvalue weighted by Crippen LogP contribution is 2.49. The van der Waals surface area contributed by atoms with Crippen LogP contribution in [0.15, 0.2) is 60.2 Å². The van der Waals surface area contributed by atoms with Gasteiger partial charge in [-0.25, -0.2) is 4.79 Å². The van der Waals surface area contributed by atoms with Crippen LogP contribution in [0.25, 0.3) is 0 Å². The van der Waals surface area contributed by atoms with Crippen LogP contribution in [-0.2, 0) is 46.2 Å². The molecule has 0 aliphatic carbocycles. The Morgan fingerprint density at radius 2 is 1.80 bits per heavy atom. The Kier molecular flexibility index (Phi) is 13.3. The van der Waals surface area contributed by atoms with Crippen molar-refractivity contribution in [3.05, 3.63) is 87.5 Å². The second kappa shape index (κ2) is 17.2. The molecule has 3 heterocycles. The molecule has 304 valence electrons. The number of aliphatic hydroxyl groups is 1. The van der Waals surface area contributed by atoms with Crippen molar-refractivity contribution in [2.75, 3.05) is 26.1 Å². The molecule has 5 rings (SSSR count). The molecule has 3 aliphatic heterocycles. The SMILES string of the molecule is CO[C@@H]1/C=C/C=C(\C)Cc2cc(C)c(Cl)c(c2)N(C)C(=O)C[C@H](OC(=O)[C@H](C)N(C)C(=O)c2ccc(CC(C)C)cc2)[C@]2(C)O[C@H]2[C@H](C)[C@@H]2C[C@@]1(O)CC(=O)O2. The van der Waals surface area contributed by atoms with Gasteiger partial charge in [0.1, 0.15) is 35.6 Å². The molecule has 3 aliphatic rings. The van der Waals surface area contributed by atoms with Gasteiger partial charge in [0.2, 0.25) is 5.91 Å². The molecule has 56 heavy (non-hydrogen) atoms. The van der Waals surface area contributed by atoms with Crippen LogP contribution in [0, 0.1) is 18.8 Å². The Bertz CT molecular complexity index is 1880. The van der Waals surface area contributed by atoms with Gasteiger partial charge in [-0.05, 0) is 81.3 Å². The Morgan fingerprint density at radius 3 is 2.45 bits per heavy atom. The molecule has 8 atom stereocenters. The van der Waals surface area contributed by atoms with Gasteiger partial charge in [-0.1, -0.05) is 74.4 Å². The van der Waals surface area contributed by atoms with Crippen molar-refractivity contribution in [1.29, 1.82) is 0 Å². The third-order valence-corrected chi connectivity index (χ3v) is 12.0. The van der Waals surface area contributed by atoms with Gasteiger partial charge < -0.3 is 33.9 Å². The largest absolute Gasteiger partial charge is 0.462 e. The molecule has 2 saturated heterocycles. The lowest BCUT2D eigenvalue weighted by atomic mass is 9.78. The van der Waals surface area contributed by atoms with E-state index in [9.17, 15) is 24.3 Å². The summed E-state index contributed by atoms with van der Waals surface area (Å²) in [5.74, 6) is -2.04. The zero-order valence-electron chi connectivity index (χ0n) is 34.3. The van der Waals surface area contributed by atoms with Crippen LogP contribution in [0.3, 0.4) is 0 Å².